The van der Waals surface area contributed by atoms with Crippen molar-refractivity contribution in [2.24, 2.45) is 10.8 Å². The molecule has 0 heterocycles. The van der Waals surface area contributed by atoms with E-state index in [4.69, 9.17) is 0 Å². The highest BCUT2D eigenvalue weighted by atomic mass is 19.1. The summed E-state index contributed by atoms with van der Waals surface area (Å²) in [6.07, 6.45) is 0. The predicted molar refractivity (Wildman–Crippen MR) is 50.1 cm³/mol. The Morgan fingerprint density at radius 1 is 1.08 bits per heavy atom. The highest BCUT2D eigenvalue weighted by Crippen LogP contribution is 2.74. The van der Waals surface area contributed by atoms with E-state index in [1.54, 1.807) is 41.8 Å². The Bertz CT molecular complexity index is 242. The number of amides is 1. The molecule has 3 heteroatoms. The lowest BCUT2D eigenvalue weighted by Crippen LogP contribution is -2.37. The number of nitrogens with zero attached hydrogens (tertiary/aromatic N) is 1. The van der Waals surface area contributed by atoms with E-state index in [1.807, 2.05) is 0 Å². The Morgan fingerprint density at radius 2 is 1.38 bits per heavy atom. The Labute approximate surface area is 79.1 Å². The number of alkyl halides is 1. The highest BCUT2D eigenvalue weighted by Gasteiger charge is 2.83. The van der Waals surface area contributed by atoms with Crippen molar-refractivity contribution in [3.63, 3.8) is 0 Å². The van der Waals surface area contributed by atoms with Gasteiger partial charge >= 0.3 is 0 Å². The summed E-state index contributed by atoms with van der Waals surface area (Å²) >= 11 is 0. The van der Waals surface area contributed by atoms with Crippen LogP contribution in [0.1, 0.15) is 27.7 Å². The Kier molecular flexibility index (Phi) is 1.82. The first-order valence-corrected chi connectivity index (χ1v) is 4.51. The van der Waals surface area contributed by atoms with Crippen LogP contribution in [-0.4, -0.2) is 30.6 Å². The fourth-order valence-corrected chi connectivity index (χ4v) is 2.09. The van der Waals surface area contributed by atoms with Gasteiger partial charge in [0.15, 0.2) is 5.67 Å². The summed E-state index contributed by atoms with van der Waals surface area (Å²) in [5.74, 6) is -0.414. The summed E-state index contributed by atoms with van der Waals surface area (Å²) in [4.78, 5) is 12.9. The van der Waals surface area contributed by atoms with E-state index in [0.29, 0.717) is 0 Å². The van der Waals surface area contributed by atoms with E-state index < -0.39 is 22.4 Å². The average Bonchev–Trinajstić information content (AvgIpc) is 2.28. The van der Waals surface area contributed by atoms with Crippen molar-refractivity contribution in [1.29, 1.82) is 0 Å². The summed E-state index contributed by atoms with van der Waals surface area (Å²) in [7, 11) is 3.18. The van der Waals surface area contributed by atoms with Gasteiger partial charge in [-0.2, -0.15) is 0 Å². The summed E-state index contributed by atoms with van der Waals surface area (Å²) in [6, 6.07) is 0. The van der Waals surface area contributed by atoms with Crippen LogP contribution in [0.5, 0.6) is 0 Å². The van der Waals surface area contributed by atoms with Crippen molar-refractivity contribution < 1.29 is 9.18 Å². The molecule has 0 saturated heterocycles. The van der Waals surface area contributed by atoms with Crippen molar-refractivity contribution in [3.8, 4) is 0 Å². The molecule has 0 aromatic heterocycles. The van der Waals surface area contributed by atoms with Gasteiger partial charge in [0.25, 0.3) is 5.91 Å². The lowest BCUT2D eigenvalue weighted by Gasteiger charge is -2.16. The quantitative estimate of drug-likeness (QED) is 0.613. The predicted octanol–water partition coefficient (Wildman–Crippen LogP) is 1.85. The van der Waals surface area contributed by atoms with Crippen LogP contribution in [0.3, 0.4) is 0 Å². The monoisotopic (exact) mass is 187 g/mol. The molecule has 0 spiro atoms. The number of halogens is 1. The van der Waals surface area contributed by atoms with Crippen LogP contribution < -0.4 is 0 Å². The van der Waals surface area contributed by atoms with Gasteiger partial charge in [0.1, 0.15) is 0 Å². The second-order valence-corrected chi connectivity index (χ2v) is 5.11. The molecule has 76 valence electrons. The summed E-state index contributed by atoms with van der Waals surface area (Å²) < 4.78 is 14.3. The number of carbonyl (C=O) groups excluding carboxylic acids is 1. The van der Waals surface area contributed by atoms with Crippen LogP contribution in [-0.2, 0) is 4.79 Å². The van der Waals surface area contributed by atoms with E-state index in [9.17, 15) is 9.18 Å². The summed E-state index contributed by atoms with van der Waals surface area (Å²) in [5, 5.41) is 0. The molecule has 1 amide bonds. The van der Waals surface area contributed by atoms with Crippen molar-refractivity contribution in [2.45, 2.75) is 33.4 Å². The molecule has 1 fully saturated rings. The van der Waals surface area contributed by atoms with Gasteiger partial charge in [0.05, 0.1) is 0 Å². The van der Waals surface area contributed by atoms with Gasteiger partial charge in [-0.05, 0) is 0 Å². The minimum Gasteiger partial charge on any atom is -0.346 e. The minimum absolute atomic E-state index is 0.414. The van der Waals surface area contributed by atoms with Gasteiger partial charge < -0.3 is 4.90 Å². The smallest absolute Gasteiger partial charge is 0.260 e. The van der Waals surface area contributed by atoms with Crippen LogP contribution in [0.25, 0.3) is 0 Å². The molecule has 2 nitrogen and oxygen atoms in total. The molecule has 0 aromatic rings. The van der Waals surface area contributed by atoms with Crippen molar-refractivity contribution in [2.75, 3.05) is 14.1 Å². The standard InChI is InChI=1S/C10H18FNO/c1-8(2)9(3,4)10(8,11)7(13)12(5)6/h1-6H3. The number of hydrogen-bond donors (Lipinski definition) is 0. The SMILES string of the molecule is CN(C)C(=O)C1(F)C(C)(C)C1(C)C. The van der Waals surface area contributed by atoms with Gasteiger partial charge in [0, 0.05) is 24.9 Å². The average molecular weight is 187 g/mol. The van der Waals surface area contributed by atoms with Gasteiger partial charge in [-0.3, -0.25) is 4.79 Å². The zero-order valence-electron chi connectivity index (χ0n) is 9.23. The number of carbonyl (C=O) groups is 1. The van der Waals surface area contributed by atoms with Gasteiger partial charge in [-0.15, -0.1) is 0 Å². The highest BCUT2D eigenvalue weighted by molar-refractivity contribution is 5.91. The molecule has 1 rings (SSSR count). The van der Waals surface area contributed by atoms with Crippen molar-refractivity contribution in [3.05, 3.63) is 0 Å². The molecule has 1 aliphatic carbocycles. The number of rotatable bonds is 1. The van der Waals surface area contributed by atoms with E-state index >= 15 is 0 Å². The molecule has 13 heavy (non-hydrogen) atoms. The topological polar surface area (TPSA) is 20.3 Å². The Hall–Kier alpha value is -0.600. The fourth-order valence-electron chi connectivity index (χ4n) is 2.09. The third kappa shape index (κ3) is 0.851. The number of hydrogen-bond acceptors (Lipinski definition) is 1. The van der Waals surface area contributed by atoms with E-state index in [2.05, 4.69) is 0 Å². The Morgan fingerprint density at radius 3 is 1.46 bits per heavy atom. The van der Waals surface area contributed by atoms with Crippen LogP contribution >= 0.6 is 0 Å². The first-order chi connectivity index (χ1) is 5.60. The van der Waals surface area contributed by atoms with Crippen molar-refractivity contribution >= 4 is 5.91 Å². The summed E-state index contributed by atoms with van der Waals surface area (Å²) in [6.45, 7) is 7.20. The maximum Gasteiger partial charge on any atom is 0.260 e. The zero-order chi connectivity index (χ0) is 10.7. The van der Waals surface area contributed by atoms with E-state index in [1.165, 1.54) is 4.90 Å². The summed E-state index contributed by atoms with van der Waals surface area (Å²) in [5.41, 5.74) is -2.80. The normalized spacial score (nSPS) is 26.7. The van der Waals surface area contributed by atoms with Crippen molar-refractivity contribution in [1.82, 2.24) is 4.90 Å². The van der Waals surface area contributed by atoms with Gasteiger partial charge in [-0.25, -0.2) is 4.39 Å². The molecule has 1 aliphatic rings. The van der Waals surface area contributed by atoms with Crippen LogP contribution in [0.15, 0.2) is 0 Å². The van der Waals surface area contributed by atoms with Crippen LogP contribution in [0, 0.1) is 10.8 Å². The molecular formula is C10H18FNO. The third-order valence-corrected chi connectivity index (χ3v) is 3.92. The van der Waals surface area contributed by atoms with Gasteiger partial charge in [-0.1, -0.05) is 27.7 Å². The van der Waals surface area contributed by atoms with Crippen LogP contribution in [0.4, 0.5) is 4.39 Å². The van der Waals surface area contributed by atoms with E-state index in [0.717, 1.165) is 0 Å². The fraction of sp³-hybridized carbons (Fsp3) is 0.900. The van der Waals surface area contributed by atoms with Gasteiger partial charge in [0.2, 0.25) is 0 Å². The zero-order valence-corrected chi connectivity index (χ0v) is 9.23. The molecule has 0 atom stereocenters. The molecule has 0 bridgehead atoms. The maximum absolute atomic E-state index is 14.3. The largest absolute Gasteiger partial charge is 0.346 e. The minimum atomic E-state index is -1.69. The molecule has 0 radical (unpaired) electrons. The molecule has 0 unspecified atom stereocenters. The van der Waals surface area contributed by atoms with E-state index in [-0.39, 0.29) is 0 Å². The lowest BCUT2D eigenvalue weighted by molar-refractivity contribution is -0.138. The molecule has 0 aliphatic heterocycles. The molecule has 0 aromatic carbocycles. The molecule has 0 N–H and O–H groups in total. The first-order valence-electron chi connectivity index (χ1n) is 4.51. The lowest BCUT2D eigenvalue weighted by atomic mass is 10.0. The second kappa shape index (κ2) is 2.25. The third-order valence-electron chi connectivity index (χ3n) is 3.92. The van der Waals surface area contributed by atoms with Crippen LogP contribution in [0.2, 0.25) is 0 Å². The Balaban J connectivity index is 3.02. The first kappa shape index (κ1) is 10.5. The maximum atomic E-state index is 14.3. The molecule has 1 saturated carbocycles. The second-order valence-electron chi connectivity index (χ2n) is 5.11. The molecular weight excluding hydrogens is 169 g/mol.